The fraction of sp³-hybridized carbons (Fsp3) is 0.500. The van der Waals surface area contributed by atoms with E-state index in [4.69, 9.17) is 4.18 Å². The topological polar surface area (TPSA) is 130 Å². The number of carbonyl (C=O) groups is 3. The fourth-order valence-corrected chi connectivity index (χ4v) is 4.46. The Labute approximate surface area is 149 Å². The van der Waals surface area contributed by atoms with Crippen LogP contribution in [0.5, 0.6) is 0 Å². The maximum absolute atomic E-state index is 12.3. The molecule has 0 bridgehead atoms. The molecule has 9 nitrogen and oxygen atoms in total. The first kappa shape index (κ1) is 19.5. The van der Waals surface area contributed by atoms with E-state index < -0.39 is 40.1 Å². The van der Waals surface area contributed by atoms with Gasteiger partial charge >= 0.3 is 5.97 Å². The molecule has 2 amide bonds. The van der Waals surface area contributed by atoms with E-state index in [1.54, 1.807) is 0 Å². The largest absolute Gasteiger partial charge is 0.477 e. The number of carboxylic acid groups (broad SMARTS) is 1. The molecule has 0 aromatic heterocycles. The summed E-state index contributed by atoms with van der Waals surface area (Å²) in [5.41, 5.74) is -0.115. The number of carboxylic acids is 1. The van der Waals surface area contributed by atoms with E-state index in [1.165, 1.54) is 30.4 Å². The van der Waals surface area contributed by atoms with Gasteiger partial charge in [-0.1, -0.05) is 11.8 Å². The van der Waals surface area contributed by atoms with Crippen LogP contribution in [0.4, 0.5) is 0 Å². The van der Waals surface area contributed by atoms with Crippen LogP contribution in [0.2, 0.25) is 0 Å². The average Bonchev–Trinajstić information content (AvgIpc) is 2.76. The molecule has 2 N–H and O–H groups in total. The van der Waals surface area contributed by atoms with Crippen molar-refractivity contribution in [1.29, 1.82) is 0 Å². The van der Waals surface area contributed by atoms with Crippen LogP contribution in [-0.2, 0) is 28.7 Å². The number of nitrogens with zero attached hydrogens (tertiary/aromatic N) is 1. The Balaban J connectivity index is 2.14. The molecule has 2 aliphatic heterocycles. The average molecular weight is 390 g/mol. The molecule has 3 atom stereocenters. The number of hydrogen-bond donors (Lipinski definition) is 2. The second kappa shape index (κ2) is 7.18. The Morgan fingerprint density at radius 1 is 1.48 bits per heavy atom. The molecular weight excluding hydrogens is 372 g/mol. The molecule has 0 spiro atoms. The van der Waals surface area contributed by atoms with Crippen molar-refractivity contribution in [3.63, 3.8) is 0 Å². The van der Waals surface area contributed by atoms with Gasteiger partial charge in [-0.2, -0.15) is 8.42 Å². The third-order valence-corrected chi connectivity index (χ3v) is 5.34. The van der Waals surface area contributed by atoms with Gasteiger partial charge in [-0.25, -0.2) is 4.79 Å². The van der Waals surface area contributed by atoms with Crippen LogP contribution in [0.15, 0.2) is 22.2 Å². The predicted molar refractivity (Wildman–Crippen MR) is 89.3 cm³/mol. The van der Waals surface area contributed by atoms with Crippen LogP contribution in [0.25, 0.3) is 0 Å². The summed E-state index contributed by atoms with van der Waals surface area (Å²) in [5, 5.41) is 13.3. The van der Waals surface area contributed by atoms with Crippen LogP contribution in [0.3, 0.4) is 0 Å². The molecule has 25 heavy (non-hydrogen) atoms. The number of amides is 2. The van der Waals surface area contributed by atoms with Gasteiger partial charge in [0.15, 0.2) is 0 Å². The Morgan fingerprint density at radius 3 is 2.64 bits per heavy atom. The molecule has 0 saturated carbocycles. The Morgan fingerprint density at radius 2 is 2.12 bits per heavy atom. The number of aliphatic carboxylic acids is 1. The lowest BCUT2D eigenvalue weighted by molar-refractivity contribution is -0.159. The van der Waals surface area contributed by atoms with Gasteiger partial charge < -0.3 is 15.3 Å². The number of nitrogens with one attached hydrogen (secondary N) is 1. The molecule has 2 aliphatic rings. The van der Waals surface area contributed by atoms with Crippen molar-refractivity contribution in [1.82, 2.24) is 10.2 Å². The summed E-state index contributed by atoms with van der Waals surface area (Å²) < 4.78 is 27.4. The number of β-lactam (4-membered cyclic amide) rings is 1. The Hall–Kier alpha value is -1.85. The molecule has 0 aliphatic carbocycles. The summed E-state index contributed by atoms with van der Waals surface area (Å²) in [4.78, 5) is 36.3. The molecule has 1 fully saturated rings. The van der Waals surface area contributed by atoms with Gasteiger partial charge in [-0.05, 0) is 12.3 Å². The summed E-state index contributed by atoms with van der Waals surface area (Å²) in [5.74, 6) is -2.69. The maximum atomic E-state index is 12.3. The third kappa shape index (κ3) is 4.22. The number of thioether (sulfide) groups is 1. The highest BCUT2D eigenvalue weighted by molar-refractivity contribution is 8.05. The van der Waals surface area contributed by atoms with Gasteiger partial charge in [0.1, 0.15) is 5.70 Å². The van der Waals surface area contributed by atoms with Gasteiger partial charge in [0.05, 0.1) is 24.3 Å². The van der Waals surface area contributed by atoms with Crippen LogP contribution >= 0.6 is 11.8 Å². The number of fused-ring (bicyclic) bond motifs is 1. The van der Waals surface area contributed by atoms with Crippen molar-refractivity contribution in [3.05, 3.63) is 22.2 Å². The molecule has 11 heteroatoms. The van der Waals surface area contributed by atoms with E-state index >= 15 is 0 Å². The highest BCUT2D eigenvalue weighted by Crippen LogP contribution is 2.47. The third-order valence-electron chi connectivity index (χ3n) is 3.77. The normalized spacial score (nSPS) is 24.3. The fourth-order valence-electron chi connectivity index (χ4n) is 2.93. The number of rotatable bonds is 7. The lowest BCUT2D eigenvalue weighted by atomic mass is 9.83. The summed E-state index contributed by atoms with van der Waals surface area (Å²) in [6.45, 7) is 2.81. The zero-order valence-electron chi connectivity index (χ0n) is 13.8. The highest BCUT2D eigenvalue weighted by Gasteiger charge is 2.57. The van der Waals surface area contributed by atoms with Gasteiger partial charge in [-0.15, -0.1) is 0 Å². The van der Waals surface area contributed by atoms with E-state index in [9.17, 15) is 27.9 Å². The van der Waals surface area contributed by atoms with Crippen molar-refractivity contribution in [2.45, 2.75) is 32.4 Å². The standard InChI is InChI=1S/C14H18N2O7S2/c1-7(23-25(3,21)22)11-9-6-10(24-5-4-15-8(2)17)12(14(19)20)16(9)13(11)18/h4-5,7,9,11H,6H2,1-3H3,(H,15,17)(H,19,20)/b5-4+/t7-,9+,11-/m0/s1. The van der Waals surface area contributed by atoms with Gasteiger partial charge in [0.2, 0.25) is 11.8 Å². The quantitative estimate of drug-likeness (QED) is 0.466. The minimum atomic E-state index is -3.72. The molecule has 0 aromatic carbocycles. The van der Waals surface area contributed by atoms with Crippen molar-refractivity contribution >= 4 is 39.7 Å². The van der Waals surface area contributed by atoms with Crippen molar-refractivity contribution < 1.29 is 32.1 Å². The van der Waals surface area contributed by atoms with E-state index in [-0.39, 0.29) is 18.0 Å². The van der Waals surface area contributed by atoms with Crippen LogP contribution < -0.4 is 5.32 Å². The monoisotopic (exact) mass is 390 g/mol. The molecule has 0 aromatic rings. The zero-order valence-corrected chi connectivity index (χ0v) is 15.4. The zero-order chi connectivity index (χ0) is 18.9. The van der Waals surface area contributed by atoms with Crippen molar-refractivity contribution in [2.75, 3.05) is 6.26 Å². The lowest BCUT2D eigenvalue weighted by Crippen LogP contribution is -2.62. The summed E-state index contributed by atoms with van der Waals surface area (Å²) in [6.07, 6.45) is 1.68. The van der Waals surface area contributed by atoms with Crippen LogP contribution in [-0.4, -0.2) is 54.6 Å². The van der Waals surface area contributed by atoms with Crippen LogP contribution in [0.1, 0.15) is 20.3 Å². The molecular formula is C14H18N2O7S2. The Bertz CT molecular complexity index is 772. The molecule has 2 rings (SSSR count). The summed E-state index contributed by atoms with van der Waals surface area (Å²) in [6, 6.07) is -0.452. The molecule has 0 radical (unpaired) electrons. The van der Waals surface area contributed by atoms with Gasteiger partial charge in [0.25, 0.3) is 10.1 Å². The highest BCUT2D eigenvalue weighted by atomic mass is 32.2. The second-order valence-electron chi connectivity index (χ2n) is 5.71. The van der Waals surface area contributed by atoms with E-state index in [2.05, 4.69) is 5.32 Å². The second-order valence-corrected chi connectivity index (χ2v) is 8.31. The molecule has 138 valence electrons. The maximum Gasteiger partial charge on any atom is 0.353 e. The van der Waals surface area contributed by atoms with Gasteiger partial charge in [-0.3, -0.25) is 13.8 Å². The first-order valence-corrected chi connectivity index (χ1v) is 9.99. The smallest absolute Gasteiger partial charge is 0.353 e. The summed E-state index contributed by atoms with van der Waals surface area (Å²) in [7, 11) is -3.72. The SMILES string of the molecule is CC(=O)N/C=C/SC1=C(C(=O)O)N2C(=O)[C@@H]([C@H](C)OS(C)(=O)=O)[C@H]2C1. The number of hydrogen-bond acceptors (Lipinski definition) is 7. The number of carbonyl (C=O) groups excluding carboxylic acids is 2. The van der Waals surface area contributed by atoms with E-state index in [0.29, 0.717) is 4.91 Å². The Kier molecular flexibility index (Phi) is 5.59. The summed E-state index contributed by atoms with van der Waals surface area (Å²) >= 11 is 1.09. The van der Waals surface area contributed by atoms with E-state index in [1.807, 2.05) is 0 Å². The minimum Gasteiger partial charge on any atom is -0.477 e. The molecule has 1 saturated heterocycles. The minimum absolute atomic E-state index is 0.115. The first-order valence-electron chi connectivity index (χ1n) is 7.29. The van der Waals surface area contributed by atoms with Gasteiger partial charge in [0, 0.05) is 24.4 Å². The lowest BCUT2D eigenvalue weighted by Gasteiger charge is -2.45. The first-order chi connectivity index (χ1) is 11.5. The molecule has 0 unspecified atom stereocenters. The molecule has 2 heterocycles. The predicted octanol–water partition coefficient (Wildman–Crippen LogP) is 0.219. The van der Waals surface area contributed by atoms with E-state index in [0.717, 1.165) is 18.0 Å². The van der Waals surface area contributed by atoms with Crippen LogP contribution in [0, 0.1) is 5.92 Å². The van der Waals surface area contributed by atoms with Crippen molar-refractivity contribution in [2.24, 2.45) is 5.92 Å². The van der Waals surface area contributed by atoms with Crippen molar-refractivity contribution in [3.8, 4) is 0 Å².